The average Bonchev–Trinajstić information content (AvgIpc) is 2.44. The molecule has 0 spiro atoms. The summed E-state index contributed by atoms with van der Waals surface area (Å²) in [5.41, 5.74) is -0.319. The first kappa shape index (κ1) is 16.0. The number of piperidine rings is 1. The van der Waals surface area contributed by atoms with Gasteiger partial charge < -0.3 is 15.1 Å². The Labute approximate surface area is 116 Å². The number of likely N-dealkylation sites (N-methyl/N-ethyl adjacent to an activating group) is 2. The van der Waals surface area contributed by atoms with E-state index in [4.69, 9.17) is 0 Å². The van der Waals surface area contributed by atoms with Crippen LogP contribution in [-0.4, -0.2) is 61.9 Å². The van der Waals surface area contributed by atoms with E-state index >= 15 is 0 Å². The van der Waals surface area contributed by atoms with Crippen molar-refractivity contribution >= 4 is 11.8 Å². The van der Waals surface area contributed by atoms with Gasteiger partial charge in [-0.3, -0.25) is 9.59 Å². The molecule has 0 aromatic heterocycles. The first-order valence-electron chi connectivity index (χ1n) is 7.17. The number of carbonyl (C=O) groups excluding carboxylic acids is 2. The van der Waals surface area contributed by atoms with E-state index in [1.807, 2.05) is 6.92 Å². The third-order valence-electron chi connectivity index (χ3n) is 4.10. The number of carbonyl (C=O) groups is 2. The number of hydrogen-bond acceptors (Lipinski definition) is 3. The second-order valence-electron chi connectivity index (χ2n) is 5.52. The molecule has 1 heterocycles. The van der Waals surface area contributed by atoms with Crippen molar-refractivity contribution in [2.45, 2.75) is 33.1 Å². The molecule has 0 radical (unpaired) electrons. The topological polar surface area (TPSA) is 52.7 Å². The van der Waals surface area contributed by atoms with Crippen LogP contribution < -0.4 is 5.32 Å². The minimum atomic E-state index is -0.319. The van der Waals surface area contributed by atoms with Crippen LogP contribution in [0.2, 0.25) is 0 Å². The molecule has 1 fully saturated rings. The standard InChI is InChI=1S/C14H27N3O2/c1-5-14(8-7-9-15-11-14)13(19)17(6-2)10-12(18)16(3)4/h15H,5-11H2,1-4H3. The van der Waals surface area contributed by atoms with Crippen molar-refractivity contribution in [3.05, 3.63) is 0 Å². The van der Waals surface area contributed by atoms with Gasteiger partial charge in [0.05, 0.1) is 12.0 Å². The summed E-state index contributed by atoms with van der Waals surface area (Å²) in [5.74, 6) is 0.102. The summed E-state index contributed by atoms with van der Waals surface area (Å²) >= 11 is 0. The van der Waals surface area contributed by atoms with Crippen LogP contribution in [0.4, 0.5) is 0 Å². The molecule has 0 saturated carbocycles. The zero-order chi connectivity index (χ0) is 14.5. The molecule has 1 aliphatic rings. The Morgan fingerprint density at radius 2 is 1.95 bits per heavy atom. The average molecular weight is 269 g/mol. The van der Waals surface area contributed by atoms with Gasteiger partial charge in [-0.2, -0.15) is 0 Å². The minimum Gasteiger partial charge on any atom is -0.347 e. The number of rotatable bonds is 5. The number of nitrogens with one attached hydrogen (secondary N) is 1. The second-order valence-corrected chi connectivity index (χ2v) is 5.52. The summed E-state index contributed by atoms with van der Waals surface area (Å²) in [6.45, 7) is 6.48. The highest BCUT2D eigenvalue weighted by Crippen LogP contribution is 2.32. The van der Waals surface area contributed by atoms with Gasteiger partial charge in [0.15, 0.2) is 0 Å². The molecule has 1 atom stereocenters. The molecule has 1 saturated heterocycles. The number of nitrogens with zero attached hydrogens (tertiary/aromatic N) is 2. The van der Waals surface area contributed by atoms with Gasteiger partial charge in [0.2, 0.25) is 11.8 Å². The molecule has 0 bridgehead atoms. The van der Waals surface area contributed by atoms with Crippen molar-refractivity contribution in [1.29, 1.82) is 0 Å². The Kier molecular flexibility index (Phi) is 5.79. The van der Waals surface area contributed by atoms with Gasteiger partial charge in [0, 0.05) is 27.2 Å². The molecule has 5 heteroatoms. The first-order chi connectivity index (χ1) is 8.96. The predicted octanol–water partition coefficient (Wildman–Crippen LogP) is 0.703. The normalized spacial score (nSPS) is 22.9. The fourth-order valence-electron chi connectivity index (χ4n) is 2.57. The Bertz CT molecular complexity index is 323. The quantitative estimate of drug-likeness (QED) is 0.799. The number of hydrogen-bond donors (Lipinski definition) is 1. The van der Waals surface area contributed by atoms with E-state index in [-0.39, 0.29) is 23.8 Å². The van der Waals surface area contributed by atoms with Crippen LogP contribution in [0, 0.1) is 5.41 Å². The highest BCUT2D eigenvalue weighted by molar-refractivity contribution is 5.88. The van der Waals surface area contributed by atoms with E-state index in [2.05, 4.69) is 12.2 Å². The third-order valence-corrected chi connectivity index (χ3v) is 4.10. The molecular formula is C14H27N3O2. The summed E-state index contributed by atoms with van der Waals surface area (Å²) in [4.78, 5) is 27.8. The van der Waals surface area contributed by atoms with Crippen molar-refractivity contribution in [1.82, 2.24) is 15.1 Å². The van der Waals surface area contributed by atoms with Gasteiger partial charge in [-0.05, 0) is 32.7 Å². The summed E-state index contributed by atoms with van der Waals surface area (Å²) in [6.07, 6.45) is 2.77. The molecule has 0 aromatic carbocycles. The fraction of sp³-hybridized carbons (Fsp3) is 0.857. The van der Waals surface area contributed by atoms with Crippen molar-refractivity contribution in [2.75, 3.05) is 40.3 Å². The Morgan fingerprint density at radius 1 is 1.26 bits per heavy atom. The Hall–Kier alpha value is -1.10. The Balaban J connectivity index is 2.78. The van der Waals surface area contributed by atoms with E-state index in [0.29, 0.717) is 6.54 Å². The zero-order valence-corrected chi connectivity index (χ0v) is 12.7. The van der Waals surface area contributed by atoms with Crippen LogP contribution in [0.3, 0.4) is 0 Å². The summed E-state index contributed by atoms with van der Waals surface area (Å²) < 4.78 is 0. The van der Waals surface area contributed by atoms with Crippen molar-refractivity contribution in [2.24, 2.45) is 5.41 Å². The lowest BCUT2D eigenvalue weighted by molar-refractivity contribution is -0.147. The van der Waals surface area contributed by atoms with Gasteiger partial charge >= 0.3 is 0 Å². The predicted molar refractivity (Wildman–Crippen MR) is 75.8 cm³/mol. The summed E-state index contributed by atoms with van der Waals surface area (Å²) in [7, 11) is 3.44. The zero-order valence-electron chi connectivity index (χ0n) is 12.7. The molecule has 5 nitrogen and oxygen atoms in total. The molecule has 0 aliphatic carbocycles. The smallest absolute Gasteiger partial charge is 0.241 e. The van der Waals surface area contributed by atoms with Gasteiger partial charge in [0.25, 0.3) is 0 Å². The summed E-state index contributed by atoms with van der Waals surface area (Å²) in [5, 5.41) is 3.32. The molecular weight excluding hydrogens is 242 g/mol. The third kappa shape index (κ3) is 3.69. The lowest BCUT2D eigenvalue weighted by Crippen LogP contribution is -2.53. The molecule has 0 aromatic rings. The second kappa shape index (κ2) is 6.89. The molecule has 2 amide bonds. The first-order valence-corrected chi connectivity index (χ1v) is 7.17. The van der Waals surface area contributed by atoms with Crippen LogP contribution in [-0.2, 0) is 9.59 Å². The van der Waals surface area contributed by atoms with E-state index in [1.54, 1.807) is 19.0 Å². The molecule has 110 valence electrons. The SMILES string of the molecule is CCN(CC(=O)N(C)C)C(=O)C1(CC)CCCNC1. The van der Waals surface area contributed by atoms with E-state index in [1.165, 1.54) is 4.90 Å². The lowest BCUT2D eigenvalue weighted by Gasteiger charge is -2.39. The van der Waals surface area contributed by atoms with Crippen LogP contribution in [0.15, 0.2) is 0 Å². The largest absolute Gasteiger partial charge is 0.347 e. The molecule has 1 aliphatic heterocycles. The molecule has 19 heavy (non-hydrogen) atoms. The maximum atomic E-state index is 12.8. The minimum absolute atomic E-state index is 0.0229. The van der Waals surface area contributed by atoms with Gasteiger partial charge in [-0.15, -0.1) is 0 Å². The maximum Gasteiger partial charge on any atom is 0.241 e. The molecule has 1 rings (SSSR count). The number of amides is 2. The van der Waals surface area contributed by atoms with E-state index in [9.17, 15) is 9.59 Å². The van der Waals surface area contributed by atoms with Crippen molar-refractivity contribution < 1.29 is 9.59 Å². The van der Waals surface area contributed by atoms with Crippen molar-refractivity contribution in [3.63, 3.8) is 0 Å². The monoisotopic (exact) mass is 269 g/mol. The fourth-order valence-corrected chi connectivity index (χ4v) is 2.57. The molecule has 1 N–H and O–H groups in total. The highest BCUT2D eigenvalue weighted by Gasteiger charge is 2.40. The van der Waals surface area contributed by atoms with Crippen molar-refractivity contribution in [3.8, 4) is 0 Å². The molecule has 1 unspecified atom stereocenters. The van der Waals surface area contributed by atoms with E-state index in [0.717, 1.165) is 32.4 Å². The maximum absolute atomic E-state index is 12.8. The summed E-state index contributed by atoms with van der Waals surface area (Å²) in [6, 6.07) is 0. The Morgan fingerprint density at radius 3 is 2.37 bits per heavy atom. The van der Waals surface area contributed by atoms with Gasteiger partial charge in [-0.25, -0.2) is 0 Å². The van der Waals surface area contributed by atoms with Crippen LogP contribution in [0.25, 0.3) is 0 Å². The highest BCUT2D eigenvalue weighted by atomic mass is 16.2. The van der Waals surface area contributed by atoms with E-state index < -0.39 is 0 Å². The lowest BCUT2D eigenvalue weighted by atomic mass is 9.77. The van der Waals surface area contributed by atoms with Gasteiger partial charge in [-0.1, -0.05) is 6.92 Å². The van der Waals surface area contributed by atoms with Crippen LogP contribution in [0.1, 0.15) is 33.1 Å². The van der Waals surface area contributed by atoms with Crippen LogP contribution >= 0.6 is 0 Å². The van der Waals surface area contributed by atoms with Gasteiger partial charge in [0.1, 0.15) is 0 Å². The van der Waals surface area contributed by atoms with Crippen LogP contribution in [0.5, 0.6) is 0 Å².